The van der Waals surface area contributed by atoms with E-state index in [2.05, 4.69) is 5.32 Å². The molecule has 0 aliphatic carbocycles. The van der Waals surface area contributed by atoms with E-state index in [1.165, 1.54) is 24.4 Å². The van der Waals surface area contributed by atoms with Crippen LogP contribution in [0.5, 0.6) is 0 Å². The van der Waals surface area contributed by atoms with Gasteiger partial charge in [-0.2, -0.15) is 0 Å². The maximum absolute atomic E-state index is 14.2. The molecule has 0 atom stereocenters. The van der Waals surface area contributed by atoms with Crippen LogP contribution >= 0.6 is 11.6 Å². The van der Waals surface area contributed by atoms with E-state index in [4.69, 9.17) is 11.6 Å². The quantitative estimate of drug-likeness (QED) is 0.400. The second-order valence-electron chi connectivity index (χ2n) is 7.86. The van der Waals surface area contributed by atoms with Gasteiger partial charge < -0.3 is 9.88 Å². The van der Waals surface area contributed by atoms with Gasteiger partial charge in [-0.1, -0.05) is 65.7 Å². The molecule has 1 N–H and O–H groups in total. The van der Waals surface area contributed by atoms with Crippen molar-refractivity contribution in [3.63, 3.8) is 0 Å². The second kappa shape index (κ2) is 9.37. The van der Waals surface area contributed by atoms with Gasteiger partial charge in [-0.15, -0.1) is 0 Å². The van der Waals surface area contributed by atoms with Crippen LogP contribution in [0.4, 0.5) is 4.39 Å². The zero-order valence-corrected chi connectivity index (χ0v) is 19.5. The predicted octanol–water partition coefficient (Wildman–Crippen LogP) is 5.03. The molecule has 0 saturated heterocycles. The number of nitrogens with one attached hydrogen (secondary N) is 1. The molecule has 8 heteroatoms. The summed E-state index contributed by atoms with van der Waals surface area (Å²) in [6, 6.07) is 18.8. The first-order chi connectivity index (χ1) is 15.7. The molecule has 0 saturated carbocycles. The molecule has 3 aromatic carbocycles. The standard InChI is InChI=1S/C25H22ClFN2O3S/c1-17-9-11-18(12-10-17)13-28-25(30)15-29-14-24(19-5-2-3-8-23(19)29)33(31,32)16-20-21(26)6-4-7-22(20)27/h2-12,14H,13,15-16H2,1H3,(H,28,30). The summed E-state index contributed by atoms with van der Waals surface area (Å²) in [7, 11) is -3.94. The van der Waals surface area contributed by atoms with Crippen LogP contribution in [-0.4, -0.2) is 18.9 Å². The summed E-state index contributed by atoms with van der Waals surface area (Å²) in [5.41, 5.74) is 2.62. The molecule has 170 valence electrons. The third kappa shape index (κ3) is 5.10. The molecule has 5 nitrogen and oxygen atoms in total. The Balaban J connectivity index is 1.59. The number of halogens is 2. The molecule has 0 radical (unpaired) electrons. The van der Waals surface area contributed by atoms with Gasteiger partial charge in [0.05, 0.1) is 10.6 Å². The first-order valence-corrected chi connectivity index (χ1v) is 12.3. The second-order valence-corrected chi connectivity index (χ2v) is 10.2. The summed E-state index contributed by atoms with van der Waals surface area (Å²) < 4.78 is 42.3. The molecule has 1 amide bonds. The maximum atomic E-state index is 14.2. The van der Waals surface area contributed by atoms with Crippen molar-refractivity contribution in [2.75, 3.05) is 0 Å². The summed E-state index contributed by atoms with van der Waals surface area (Å²) in [5.74, 6) is -1.51. The van der Waals surface area contributed by atoms with E-state index in [-0.39, 0.29) is 27.9 Å². The Morgan fingerprint density at radius 3 is 2.48 bits per heavy atom. The van der Waals surface area contributed by atoms with Crippen molar-refractivity contribution in [3.05, 3.63) is 100 Å². The van der Waals surface area contributed by atoms with Crippen molar-refractivity contribution in [2.45, 2.75) is 30.7 Å². The summed E-state index contributed by atoms with van der Waals surface area (Å²) in [5, 5.41) is 3.38. The van der Waals surface area contributed by atoms with Crippen molar-refractivity contribution in [3.8, 4) is 0 Å². The van der Waals surface area contributed by atoms with Crippen LogP contribution in [0.15, 0.2) is 77.8 Å². The van der Waals surface area contributed by atoms with Crippen LogP contribution in [0.1, 0.15) is 16.7 Å². The number of aryl methyl sites for hydroxylation is 1. The third-order valence-electron chi connectivity index (χ3n) is 5.41. The van der Waals surface area contributed by atoms with Crippen LogP contribution in [-0.2, 0) is 33.5 Å². The number of carbonyl (C=O) groups is 1. The highest BCUT2D eigenvalue weighted by Crippen LogP contribution is 2.30. The Bertz CT molecular complexity index is 1410. The van der Waals surface area contributed by atoms with E-state index in [1.807, 2.05) is 31.2 Å². The van der Waals surface area contributed by atoms with Crippen molar-refractivity contribution >= 4 is 38.2 Å². The normalized spacial score (nSPS) is 11.6. The largest absolute Gasteiger partial charge is 0.350 e. The molecule has 0 aliphatic heterocycles. The molecule has 4 rings (SSSR count). The average molecular weight is 485 g/mol. The SMILES string of the molecule is Cc1ccc(CNC(=O)Cn2cc(S(=O)(=O)Cc3c(F)cccc3Cl)c3ccccc32)cc1. The van der Waals surface area contributed by atoms with Crippen LogP contribution < -0.4 is 5.32 Å². The van der Waals surface area contributed by atoms with E-state index in [0.29, 0.717) is 17.4 Å². The lowest BCUT2D eigenvalue weighted by molar-refractivity contribution is -0.121. The van der Waals surface area contributed by atoms with Crippen LogP contribution in [0.3, 0.4) is 0 Å². The summed E-state index contributed by atoms with van der Waals surface area (Å²) in [6.07, 6.45) is 1.43. The number of hydrogen-bond acceptors (Lipinski definition) is 3. The Morgan fingerprint density at radius 2 is 1.76 bits per heavy atom. The van der Waals surface area contributed by atoms with Crippen molar-refractivity contribution in [1.29, 1.82) is 0 Å². The van der Waals surface area contributed by atoms with Crippen LogP contribution in [0, 0.1) is 12.7 Å². The predicted molar refractivity (Wildman–Crippen MR) is 127 cm³/mol. The Labute approximate surface area is 196 Å². The lowest BCUT2D eigenvalue weighted by Crippen LogP contribution is -2.26. The summed E-state index contributed by atoms with van der Waals surface area (Å²) in [6.45, 7) is 2.31. The minimum atomic E-state index is -3.94. The smallest absolute Gasteiger partial charge is 0.240 e. The van der Waals surface area contributed by atoms with Crippen molar-refractivity contribution in [1.82, 2.24) is 9.88 Å². The van der Waals surface area contributed by atoms with Gasteiger partial charge in [0.25, 0.3) is 0 Å². The molecule has 0 unspecified atom stereocenters. The van der Waals surface area contributed by atoms with Crippen LogP contribution in [0.2, 0.25) is 5.02 Å². The zero-order valence-electron chi connectivity index (χ0n) is 17.9. The van der Waals surface area contributed by atoms with Crippen molar-refractivity contribution < 1.29 is 17.6 Å². The van der Waals surface area contributed by atoms with E-state index in [0.717, 1.165) is 11.1 Å². The molecule has 4 aromatic rings. The minimum Gasteiger partial charge on any atom is -0.350 e. The molecule has 1 heterocycles. The maximum Gasteiger partial charge on any atom is 0.240 e. The van der Waals surface area contributed by atoms with E-state index in [9.17, 15) is 17.6 Å². The van der Waals surface area contributed by atoms with Crippen LogP contribution in [0.25, 0.3) is 10.9 Å². The zero-order chi connectivity index (χ0) is 23.6. The number of aromatic nitrogens is 1. The first kappa shape index (κ1) is 23.0. The number of fused-ring (bicyclic) bond motifs is 1. The molecular weight excluding hydrogens is 463 g/mol. The molecule has 0 spiro atoms. The number of amides is 1. The monoisotopic (exact) mass is 484 g/mol. The number of sulfone groups is 1. The van der Waals surface area contributed by atoms with E-state index in [1.54, 1.807) is 28.8 Å². The van der Waals surface area contributed by atoms with Crippen molar-refractivity contribution in [2.24, 2.45) is 0 Å². The van der Waals surface area contributed by atoms with Gasteiger partial charge in [-0.05, 0) is 30.7 Å². The molecule has 0 bridgehead atoms. The van der Waals surface area contributed by atoms with Gasteiger partial charge in [0, 0.05) is 34.2 Å². The fraction of sp³-hybridized carbons (Fsp3) is 0.160. The molecule has 1 aromatic heterocycles. The Morgan fingerprint density at radius 1 is 1.03 bits per heavy atom. The minimum absolute atomic E-state index is 0.0313. The number of benzene rings is 3. The number of nitrogens with zero attached hydrogens (tertiary/aromatic N) is 1. The number of rotatable bonds is 7. The van der Waals surface area contributed by atoms with Gasteiger partial charge in [0.2, 0.25) is 5.91 Å². The number of para-hydroxylation sites is 1. The van der Waals surface area contributed by atoms with Gasteiger partial charge in [0.1, 0.15) is 12.4 Å². The summed E-state index contributed by atoms with van der Waals surface area (Å²) >= 11 is 6.05. The Kier molecular flexibility index (Phi) is 6.54. The van der Waals surface area contributed by atoms with Gasteiger partial charge in [-0.25, -0.2) is 12.8 Å². The van der Waals surface area contributed by atoms with Gasteiger partial charge >= 0.3 is 0 Å². The van der Waals surface area contributed by atoms with E-state index >= 15 is 0 Å². The lowest BCUT2D eigenvalue weighted by Gasteiger charge is -2.08. The molecular formula is C25H22ClFN2O3S. The number of hydrogen-bond donors (Lipinski definition) is 1. The molecule has 0 aliphatic rings. The van der Waals surface area contributed by atoms with E-state index < -0.39 is 21.4 Å². The third-order valence-corrected chi connectivity index (χ3v) is 7.43. The lowest BCUT2D eigenvalue weighted by atomic mass is 10.1. The Hall–Kier alpha value is -3.16. The number of carbonyl (C=O) groups excluding carboxylic acids is 1. The summed E-state index contributed by atoms with van der Waals surface area (Å²) in [4.78, 5) is 12.6. The fourth-order valence-electron chi connectivity index (χ4n) is 3.65. The first-order valence-electron chi connectivity index (χ1n) is 10.3. The average Bonchev–Trinajstić information content (AvgIpc) is 3.15. The van der Waals surface area contributed by atoms with Gasteiger partial charge in [-0.3, -0.25) is 4.79 Å². The highest BCUT2D eigenvalue weighted by molar-refractivity contribution is 7.90. The van der Waals surface area contributed by atoms with Gasteiger partial charge in [0.15, 0.2) is 9.84 Å². The molecule has 33 heavy (non-hydrogen) atoms. The highest BCUT2D eigenvalue weighted by atomic mass is 35.5. The molecule has 0 fully saturated rings. The topological polar surface area (TPSA) is 68.2 Å². The fourth-order valence-corrected chi connectivity index (χ4v) is 5.58. The highest BCUT2D eigenvalue weighted by Gasteiger charge is 2.24.